The Balaban J connectivity index is 2.27. The molecule has 0 fully saturated rings. The molecule has 2 aromatic rings. The highest BCUT2D eigenvalue weighted by atomic mass is 16.2. The summed E-state index contributed by atoms with van der Waals surface area (Å²) in [4.78, 5) is 13.6. The first-order valence-corrected chi connectivity index (χ1v) is 5.90. The molecular formula is C14H16N4O. The number of carbonyl (C=O) groups is 1. The van der Waals surface area contributed by atoms with Crippen LogP contribution in [0.2, 0.25) is 0 Å². The number of benzene rings is 1. The lowest BCUT2D eigenvalue weighted by Gasteiger charge is -2.12. The average molecular weight is 256 g/mol. The van der Waals surface area contributed by atoms with Crippen LogP contribution in [0.4, 0.5) is 5.69 Å². The molecule has 0 aliphatic carbocycles. The van der Waals surface area contributed by atoms with Crippen molar-refractivity contribution in [2.24, 2.45) is 0 Å². The molecule has 0 radical (unpaired) electrons. The maximum atomic E-state index is 12.0. The fourth-order valence-electron chi connectivity index (χ4n) is 1.74. The number of nitrogens with zero attached hydrogens (tertiary/aromatic N) is 3. The maximum absolute atomic E-state index is 12.0. The van der Waals surface area contributed by atoms with Crippen LogP contribution < -0.4 is 5.73 Å². The minimum absolute atomic E-state index is 0.145. The predicted molar refractivity (Wildman–Crippen MR) is 75.1 cm³/mol. The Bertz CT molecular complexity index is 603. The van der Waals surface area contributed by atoms with Crippen LogP contribution in [-0.4, -0.2) is 34.2 Å². The second-order valence-corrected chi connectivity index (χ2v) is 4.18. The SMILES string of the molecule is C=CCN(C)C(=O)c1ccn(-c2ccccc2N)n1. The fourth-order valence-corrected chi connectivity index (χ4v) is 1.74. The van der Waals surface area contributed by atoms with Gasteiger partial charge in [0.05, 0.1) is 11.4 Å². The number of anilines is 1. The van der Waals surface area contributed by atoms with E-state index in [1.807, 2.05) is 18.2 Å². The molecule has 0 unspecified atom stereocenters. The first-order valence-electron chi connectivity index (χ1n) is 5.90. The number of rotatable bonds is 4. The molecule has 2 N–H and O–H groups in total. The zero-order valence-electron chi connectivity index (χ0n) is 10.8. The van der Waals surface area contributed by atoms with Crippen molar-refractivity contribution in [2.45, 2.75) is 0 Å². The van der Waals surface area contributed by atoms with Gasteiger partial charge < -0.3 is 10.6 Å². The van der Waals surface area contributed by atoms with Crippen LogP contribution in [0.3, 0.4) is 0 Å². The van der Waals surface area contributed by atoms with Gasteiger partial charge in [-0.3, -0.25) is 4.79 Å². The van der Waals surface area contributed by atoms with Crippen molar-refractivity contribution in [1.29, 1.82) is 0 Å². The van der Waals surface area contributed by atoms with E-state index >= 15 is 0 Å². The second-order valence-electron chi connectivity index (χ2n) is 4.18. The van der Waals surface area contributed by atoms with Gasteiger partial charge in [-0.05, 0) is 18.2 Å². The molecule has 19 heavy (non-hydrogen) atoms. The van der Waals surface area contributed by atoms with Crippen molar-refractivity contribution in [1.82, 2.24) is 14.7 Å². The molecule has 5 heteroatoms. The highest BCUT2D eigenvalue weighted by Crippen LogP contribution is 2.15. The van der Waals surface area contributed by atoms with Crippen molar-refractivity contribution in [3.8, 4) is 5.69 Å². The Labute approximate surface area is 111 Å². The van der Waals surface area contributed by atoms with E-state index in [0.29, 0.717) is 17.9 Å². The lowest BCUT2D eigenvalue weighted by Crippen LogP contribution is -2.27. The summed E-state index contributed by atoms with van der Waals surface area (Å²) in [6.07, 6.45) is 3.39. The first-order chi connectivity index (χ1) is 9.13. The Hall–Kier alpha value is -2.56. The highest BCUT2D eigenvalue weighted by molar-refractivity contribution is 5.92. The smallest absolute Gasteiger partial charge is 0.274 e. The van der Waals surface area contributed by atoms with E-state index in [1.54, 1.807) is 41.0 Å². The summed E-state index contributed by atoms with van der Waals surface area (Å²) in [5, 5.41) is 4.26. The Morgan fingerprint density at radius 3 is 2.89 bits per heavy atom. The van der Waals surface area contributed by atoms with Crippen LogP contribution in [0.5, 0.6) is 0 Å². The molecule has 0 aliphatic rings. The van der Waals surface area contributed by atoms with E-state index in [4.69, 9.17) is 5.73 Å². The predicted octanol–water partition coefficient (Wildman–Crippen LogP) is 1.71. The quantitative estimate of drug-likeness (QED) is 0.669. The van der Waals surface area contributed by atoms with Crippen molar-refractivity contribution in [3.05, 3.63) is 54.9 Å². The number of nitrogen functional groups attached to an aromatic ring is 1. The molecule has 2 rings (SSSR count). The zero-order valence-corrected chi connectivity index (χ0v) is 10.8. The van der Waals surface area contributed by atoms with Gasteiger partial charge in [0.2, 0.25) is 0 Å². The molecular weight excluding hydrogens is 240 g/mol. The van der Waals surface area contributed by atoms with Crippen molar-refractivity contribution in [2.75, 3.05) is 19.3 Å². The number of aromatic nitrogens is 2. The summed E-state index contributed by atoms with van der Waals surface area (Å²) in [6.45, 7) is 4.09. The molecule has 1 amide bonds. The molecule has 0 bridgehead atoms. The van der Waals surface area contributed by atoms with E-state index < -0.39 is 0 Å². The monoisotopic (exact) mass is 256 g/mol. The van der Waals surface area contributed by atoms with Gasteiger partial charge in [-0.1, -0.05) is 18.2 Å². The highest BCUT2D eigenvalue weighted by Gasteiger charge is 2.14. The summed E-state index contributed by atoms with van der Waals surface area (Å²) in [7, 11) is 1.71. The molecule has 0 aliphatic heterocycles. The number of amides is 1. The molecule has 1 aromatic carbocycles. The van der Waals surface area contributed by atoms with Crippen LogP contribution >= 0.6 is 0 Å². The molecule has 0 saturated carbocycles. The van der Waals surface area contributed by atoms with Crippen LogP contribution in [0.25, 0.3) is 5.69 Å². The van der Waals surface area contributed by atoms with E-state index in [-0.39, 0.29) is 5.91 Å². The van der Waals surface area contributed by atoms with Gasteiger partial charge in [0.25, 0.3) is 5.91 Å². The Kier molecular flexibility index (Phi) is 3.66. The third kappa shape index (κ3) is 2.65. The van der Waals surface area contributed by atoms with Gasteiger partial charge in [-0.2, -0.15) is 5.10 Å². The van der Waals surface area contributed by atoms with Crippen molar-refractivity contribution >= 4 is 11.6 Å². The average Bonchev–Trinajstić information content (AvgIpc) is 2.88. The van der Waals surface area contributed by atoms with E-state index in [2.05, 4.69) is 11.7 Å². The summed E-state index contributed by atoms with van der Waals surface area (Å²) < 4.78 is 1.60. The molecule has 0 spiro atoms. The minimum atomic E-state index is -0.145. The number of carbonyl (C=O) groups excluding carboxylic acids is 1. The van der Waals surface area contributed by atoms with Crippen LogP contribution in [0, 0.1) is 0 Å². The molecule has 0 saturated heterocycles. The van der Waals surface area contributed by atoms with Crippen molar-refractivity contribution < 1.29 is 4.79 Å². The topological polar surface area (TPSA) is 64.2 Å². The Morgan fingerprint density at radius 2 is 2.21 bits per heavy atom. The number of hydrogen-bond acceptors (Lipinski definition) is 3. The maximum Gasteiger partial charge on any atom is 0.274 e. The van der Waals surface area contributed by atoms with Crippen LogP contribution in [-0.2, 0) is 0 Å². The molecule has 98 valence electrons. The normalized spacial score (nSPS) is 10.2. The van der Waals surface area contributed by atoms with Gasteiger partial charge in [0.1, 0.15) is 0 Å². The van der Waals surface area contributed by atoms with Gasteiger partial charge >= 0.3 is 0 Å². The third-order valence-electron chi connectivity index (χ3n) is 2.74. The minimum Gasteiger partial charge on any atom is -0.397 e. The fraction of sp³-hybridized carbons (Fsp3) is 0.143. The van der Waals surface area contributed by atoms with Gasteiger partial charge in [0, 0.05) is 19.8 Å². The van der Waals surface area contributed by atoms with Gasteiger partial charge in [-0.15, -0.1) is 6.58 Å². The lowest BCUT2D eigenvalue weighted by molar-refractivity contribution is 0.0804. The summed E-state index contributed by atoms with van der Waals surface area (Å²) >= 11 is 0. The standard InChI is InChI=1S/C14H16N4O/c1-3-9-17(2)14(19)12-8-10-18(16-12)13-7-5-4-6-11(13)15/h3-8,10H,1,9,15H2,2H3. The Morgan fingerprint density at radius 1 is 1.47 bits per heavy atom. The second kappa shape index (κ2) is 5.39. The lowest BCUT2D eigenvalue weighted by atomic mass is 10.3. The van der Waals surface area contributed by atoms with Gasteiger partial charge in [0.15, 0.2) is 5.69 Å². The molecule has 0 atom stereocenters. The van der Waals surface area contributed by atoms with Crippen LogP contribution in [0.15, 0.2) is 49.2 Å². The summed E-state index contributed by atoms with van der Waals surface area (Å²) in [6, 6.07) is 9.05. The summed E-state index contributed by atoms with van der Waals surface area (Å²) in [5.74, 6) is -0.145. The summed E-state index contributed by atoms with van der Waals surface area (Å²) in [5.41, 5.74) is 7.63. The van der Waals surface area contributed by atoms with E-state index in [0.717, 1.165) is 5.69 Å². The van der Waals surface area contributed by atoms with Crippen molar-refractivity contribution in [3.63, 3.8) is 0 Å². The number of hydrogen-bond donors (Lipinski definition) is 1. The largest absolute Gasteiger partial charge is 0.397 e. The van der Waals surface area contributed by atoms with E-state index in [9.17, 15) is 4.79 Å². The first kappa shape index (κ1) is 12.9. The molecule has 5 nitrogen and oxygen atoms in total. The van der Waals surface area contributed by atoms with Gasteiger partial charge in [-0.25, -0.2) is 4.68 Å². The van der Waals surface area contributed by atoms with Crippen LogP contribution in [0.1, 0.15) is 10.5 Å². The number of para-hydroxylation sites is 2. The number of nitrogens with two attached hydrogens (primary N) is 1. The number of likely N-dealkylation sites (N-methyl/N-ethyl adjacent to an activating group) is 1. The van der Waals surface area contributed by atoms with E-state index in [1.165, 1.54) is 0 Å². The third-order valence-corrected chi connectivity index (χ3v) is 2.74. The zero-order chi connectivity index (χ0) is 13.8. The molecule has 1 aromatic heterocycles. The molecule has 1 heterocycles.